The monoisotopic (exact) mass is 203 g/mol. The lowest BCUT2D eigenvalue weighted by Gasteiger charge is -2.44. The SMILES string of the molecule is COC1(O)CN(C(=O)OC(C)(C)C)C1. The standard InChI is InChI=1S/C9H17NO4/c1-8(2,3)14-7(11)10-5-9(12,6-10)13-4/h12H,5-6H2,1-4H3. The molecule has 5 nitrogen and oxygen atoms in total. The predicted molar refractivity (Wildman–Crippen MR) is 49.8 cm³/mol. The zero-order chi connectivity index (χ0) is 11.0. The van der Waals surface area contributed by atoms with Crippen molar-refractivity contribution >= 4 is 6.09 Å². The number of nitrogens with zero attached hydrogens (tertiary/aromatic N) is 1. The molecule has 0 aromatic rings. The number of carbonyl (C=O) groups is 1. The Morgan fingerprint density at radius 3 is 2.29 bits per heavy atom. The molecule has 0 atom stereocenters. The zero-order valence-electron chi connectivity index (χ0n) is 9.03. The minimum absolute atomic E-state index is 0.165. The van der Waals surface area contributed by atoms with Crippen LogP contribution >= 0.6 is 0 Å². The maximum absolute atomic E-state index is 11.4. The van der Waals surface area contributed by atoms with Gasteiger partial charge in [0.1, 0.15) is 5.60 Å². The molecule has 1 fully saturated rings. The Balaban J connectivity index is 2.37. The molecule has 1 aliphatic rings. The number of methoxy groups -OCH3 is 1. The molecule has 14 heavy (non-hydrogen) atoms. The van der Waals surface area contributed by atoms with Crippen molar-refractivity contribution in [1.29, 1.82) is 0 Å². The second-order valence-electron chi connectivity index (χ2n) is 4.49. The first-order chi connectivity index (χ1) is 6.26. The smallest absolute Gasteiger partial charge is 0.410 e. The summed E-state index contributed by atoms with van der Waals surface area (Å²) < 4.78 is 9.89. The molecule has 0 bridgehead atoms. The van der Waals surface area contributed by atoms with Crippen molar-refractivity contribution in [1.82, 2.24) is 4.90 Å². The molecule has 82 valence electrons. The molecule has 0 aromatic carbocycles. The number of β-amino-alcohol motifs (C(OH)–C–C–N with tert-alkyl or cyclic N) is 1. The molecule has 1 N–H and O–H groups in total. The van der Waals surface area contributed by atoms with Gasteiger partial charge in [0, 0.05) is 7.11 Å². The summed E-state index contributed by atoms with van der Waals surface area (Å²) in [5.74, 6) is -1.18. The highest BCUT2D eigenvalue weighted by Crippen LogP contribution is 2.23. The van der Waals surface area contributed by atoms with E-state index in [1.165, 1.54) is 12.0 Å². The minimum Gasteiger partial charge on any atom is -0.444 e. The zero-order valence-corrected chi connectivity index (χ0v) is 9.03. The van der Waals surface area contributed by atoms with E-state index in [1.54, 1.807) is 20.8 Å². The van der Waals surface area contributed by atoms with E-state index in [0.717, 1.165) is 0 Å². The second-order valence-corrected chi connectivity index (χ2v) is 4.49. The lowest BCUT2D eigenvalue weighted by atomic mass is 10.1. The van der Waals surface area contributed by atoms with Gasteiger partial charge in [-0.1, -0.05) is 0 Å². The molecule has 0 radical (unpaired) electrons. The van der Waals surface area contributed by atoms with Crippen molar-refractivity contribution in [2.45, 2.75) is 32.2 Å². The largest absolute Gasteiger partial charge is 0.444 e. The van der Waals surface area contributed by atoms with Crippen molar-refractivity contribution in [2.24, 2.45) is 0 Å². The quantitative estimate of drug-likeness (QED) is 0.633. The molecule has 0 unspecified atom stereocenters. The van der Waals surface area contributed by atoms with E-state index in [4.69, 9.17) is 9.47 Å². The Bertz CT molecular complexity index is 227. The lowest BCUT2D eigenvalue weighted by Crippen LogP contribution is -2.64. The van der Waals surface area contributed by atoms with E-state index >= 15 is 0 Å². The summed E-state index contributed by atoms with van der Waals surface area (Å²) in [6.07, 6.45) is -0.417. The van der Waals surface area contributed by atoms with E-state index in [2.05, 4.69) is 0 Å². The molecule has 1 aliphatic heterocycles. The highest BCUT2D eigenvalue weighted by Gasteiger charge is 2.45. The average Bonchev–Trinajstić information content (AvgIpc) is 1.95. The topological polar surface area (TPSA) is 59.0 Å². The third-order valence-electron chi connectivity index (χ3n) is 1.91. The van der Waals surface area contributed by atoms with Gasteiger partial charge in [0.25, 0.3) is 0 Å². The summed E-state index contributed by atoms with van der Waals surface area (Å²) in [6, 6.07) is 0. The molecule has 0 saturated carbocycles. The van der Waals surface area contributed by atoms with Crippen molar-refractivity contribution < 1.29 is 19.4 Å². The minimum atomic E-state index is -1.18. The molecular weight excluding hydrogens is 186 g/mol. The first-order valence-corrected chi connectivity index (χ1v) is 4.51. The van der Waals surface area contributed by atoms with Gasteiger partial charge in [-0.25, -0.2) is 4.79 Å². The Morgan fingerprint density at radius 1 is 1.43 bits per heavy atom. The van der Waals surface area contributed by atoms with Crippen LogP contribution in [0.3, 0.4) is 0 Å². The van der Waals surface area contributed by atoms with Gasteiger partial charge in [-0.05, 0) is 20.8 Å². The van der Waals surface area contributed by atoms with Crippen molar-refractivity contribution in [2.75, 3.05) is 20.2 Å². The highest BCUT2D eigenvalue weighted by molar-refractivity contribution is 5.69. The fourth-order valence-electron chi connectivity index (χ4n) is 1.13. The van der Waals surface area contributed by atoms with Crippen LogP contribution in [0.25, 0.3) is 0 Å². The van der Waals surface area contributed by atoms with E-state index in [9.17, 15) is 9.90 Å². The van der Waals surface area contributed by atoms with Crippen LogP contribution < -0.4 is 0 Å². The van der Waals surface area contributed by atoms with Gasteiger partial charge >= 0.3 is 6.09 Å². The van der Waals surface area contributed by atoms with Crippen LogP contribution in [0.15, 0.2) is 0 Å². The van der Waals surface area contributed by atoms with Crippen LogP contribution in [0.2, 0.25) is 0 Å². The summed E-state index contributed by atoms with van der Waals surface area (Å²) >= 11 is 0. The van der Waals surface area contributed by atoms with E-state index in [1.807, 2.05) is 0 Å². The van der Waals surface area contributed by atoms with E-state index in [0.29, 0.717) is 0 Å². The third kappa shape index (κ3) is 2.59. The van der Waals surface area contributed by atoms with Crippen LogP contribution in [0, 0.1) is 0 Å². The first-order valence-electron chi connectivity index (χ1n) is 4.51. The third-order valence-corrected chi connectivity index (χ3v) is 1.91. The number of hydrogen-bond donors (Lipinski definition) is 1. The van der Waals surface area contributed by atoms with Gasteiger partial charge < -0.3 is 14.6 Å². The lowest BCUT2D eigenvalue weighted by molar-refractivity contribution is -0.252. The van der Waals surface area contributed by atoms with E-state index < -0.39 is 17.5 Å². The van der Waals surface area contributed by atoms with Gasteiger partial charge in [0.05, 0.1) is 13.1 Å². The van der Waals surface area contributed by atoms with E-state index in [-0.39, 0.29) is 13.1 Å². The molecule has 1 rings (SSSR count). The predicted octanol–water partition coefficient (Wildman–Crippen LogP) is 0.572. The molecule has 0 aromatic heterocycles. The first kappa shape index (κ1) is 11.3. The Labute approximate surface area is 83.6 Å². The number of aliphatic hydroxyl groups is 1. The molecule has 5 heteroatoms. The molecule has 0 aliphatic carbocycles. The number of carbonyl (C=O) groups excluding carboxylic acids is 1. The van der Waals surface area contributed by atoms with Crippen molar-refractivity contribution in [3.05, 3.63) is 0 Å². The fourth-order valence-corrected chi connectivity index (χ4v) is 1.13. The maximum atomic E-state index is 11.4. The Kier molecular flexibility index (Phi) is 2.74. The molecular formula is C9H17NO4. The van der Waals surface area contributed by atoms with Crippen LogP contribution in [0.4, 0.5) is 4.79 Å². The maximum Gasteiger partial charge on any atom is 0.410 e. The molecule has 1 saturated heterocycles. The van der Waals surface area contributed by atoms with Gasteiger partial charge in [0.15, 0.2) is 0 Å². The van der Waals surface area contributed by atoms with Crippen molar-refractivity contribution in [3.63, 3.8) is 0 Å². The Morgan fingerprint density at radius 2 is 1.93 bits per heavy atom. The summed E-state index contributed by atoms with van der Waals surface area (Å²) in [5, 5.41) is 9.46. The fraction of sp³-hybridized carbons (Fsp3) is 0.889. The molecule has 0 spiro atoms. The summed E-state index contributed by atoms with van der Waals surface area (Å²) in [7, 11) is 1.41. The number of hydrogen-bond acceptors (Lipinski definition) is 4. The van der Waals surface area contributed by atoms with Crippen LogP contribution in [0.5, 0.6) is 0 Å². The van der Waals surface area contributed by atoms with Gasteiger partial charge in [-0.15, -0.1) is 0 Å². The average molecular weight is 203 g/mol. The van der Waals surface area contributed by atoms with Gasteiger partial charge in [-0.3, -0.25) is 4.90 Å². The van der Waals surface area contributed by atoms with Gasteiger partial charge in [-0.2, -0.15) is 0 Å². The number of likely N-dealkylation sites (tertiary alicyclic amines) is 1. The highest BCUT2D eigenvalue weighted by atomic mass is 16.6. The number of amides is 1. The van der Waals surface area contributed by atoms with Crippen molar-refractivity contribution in [3.8, 4) is 0 Å². The van der Waals surface area contributed by atoms with Crippen LogP contribution in [-0.2, 0) is 9.47 Å². The summed E-state index contributed by atoms with van der Waals surface area (Å²) in [6.45, 7) is 5.73. The summed E-state index contributed by atoms with van der Waals surface area (Å²) in [5.41, 5.74) is -0.502. The van der Waals surface area contributed by atoms with Crippen LogP contribution in [0.1, 0.15) is 20.8 Å². The number of rotatable bonds is 1. The second kappa shape index (κ2) is 3.40. The number of ether oxygens (including phenoxy) is 2. The Hall–Kier alpha value is -0.810. The van der Waals surface area contributed by atoms with Crippen LogP contribution in [-0.4, -0.2) is 47.7 Å². The summed E-state index contributed by atoms with van der Waals surface area (Å²) in [4.78, 5) is 12.8. The molecule has 1 heterocycles. The molecule has 1 amide bonds. The van der Waals surface area contributed by atoms with Gasteiger partial charge in [0.2, 0.25) is 5.79 Å². The normalized spacial score (nSPS) is 20.2.